The normalized spacial score (nSPS) is 24.0. The molecule has 0 spiro atoms. The van der Waals surface area contributed by atoms with E-state index in [2.05, 4.69) is 4.98 Å². The molecule has 160 valence electrons. The Morgan fingerprint density at radius 2 is 2.03 bits per heavy atom. The molecule has 1 saturated heterocycles. The molecule has 0 bridgehead atoms. The first kappa shape index (κ1) is 21.6. The Balaban J connectivity index is 1.46. The van der Waals surface area contributed by atoms with E-state index in [1.165, 1.54) is 0 Å². The van der Waals surface area contributed by atoms with Crippen molar-refractivity contribution in [1.29, 1.82) is 0 Å². The molecular formula is C22H32N2O5. The second kappa shape index (κ2) is 8.69. The average molecular weight is 405 g/mol. The highest BCUT2D eigenvalue weighted by atomic mass is 16.6. The second-order valence-electron chi connectivity index (χ2n) is 9.26. The number of likely N-dealkylation sites (tertiary alicyclic amines) is 1. The summed E-state index contributed by atoms with van der Waals surface area (Å²) in [7, 11) is 0. The lowest BCUT2D eigenvalue weighted by atomic mass is 10.0. The van der Waals surface area contributed by atoms with Crippen LogP contribution in [-0.4, -0.2) is 53.3 Å². The van der Waals surface area contributed by atoms with Gasteiger partial charge in [-0.3, -0.25) is 19.5 Å². The van der Waals surface area contributed by atoms with Gasteiger partial charge in [-0.25, -0.2) is 0 Å². The van der Waals surface area contributed by atoms with Gasteiger partial charge in [-0.15, -0.1) is 0 Å². The summed E-state index contributed by atoms with van der Waals surface area (Å²) in [6, 6.07) is 1.75. The van der Waals surface area contributed by atoms with Gasteiger partial charge < -0.3 is 14.2 Å². The minimum Gasteiger partial charge on any atom is -0.476 e. The van der Waals surface area contributed by atoms with Crippen LogP contribution in [0.1, 0.15) is 58.9 Å². The van der Waals surface area contributed by atoms with E-state index in [0.717, 1.165) is 24.9 Å². The summed E-state index contributed by atoms with van der Waals surface area (Å²) in [6.07, 6.45) is 5.30. The maximum absolute atomic E-state index is 12.2. The molecule has 0 aromatic carbocycles. The van der Waals surface area contributed by atoms with Gasteiger partial charge in [0.2, 0.25) is 0 Å². The zero-order valence-corrected chi connectivity index (χ0v) is 18.0. The van der Waals surface area contributed by atoms with Crippen LogP contribution < -0.4 is 4.74 Å². The molecule has 3 rings (SSSR count). The van der Waals surface area contributed by atoms with Gasteiger partial charge in [-0.2, -0.15) is 0 Å². The summed E-state index contributed by atoms with van der Waals surface area (Å²) in [5.74, 6) is 0.931. The number of carbonyl (C=O) groups is 2. The number of hydrogen-bond acceptors (Lipinski definition) is 7. The molecule has 2 aliphatic rings. The first-order valence-corrected chi connectivity index (χ1v) is 10.4. The Morgan fingerprint density at radius 3 is 2.66 bits per heavy atom. The number of hydrogen-bond donors (Lipinski definition) is 0. The molecular weight excluding hydrogens is 372 g/mol. The molecule has 0 amide bonds. The van der Waals surface area contributed by atoms with Crippen LogP contribution in [0.3, 0.4) is 0 Å². The standard InChI is InChI=1S/C22H32N2O5/c1-14(2)20(25)27-12-16-9-18(16)15-8-17(11-23-10-15)28-13-24-7-6-19(24)21(26)29-22(3,4)5/h8,10-11,14,16,18-19H,6-7,9,12-13H2,1-5H3/t16-,18-,19+/m1/s1. The molecule has 29 heavy (non-hydrogen) atoms. The van der Waals surface area contributed by atoms with Crippen LogP contribution in [0.4, 0.5) is 0 Å². The highest BCUT2D eigenvalue weighted by Crippen LogP contribution is 2.48. The molecule has 0 unspecified atom stereocenters. The summed E-state index contributed by atoms with van der Waals surface area (Å²) < 4.78 is 16.7. The summed E-state index contributed by atoms with van der Waals surface area (Å²) in [4.78, 5) is 30.1. The summed E-state index contributed by atoms with van der Waals surface area (Å²) in [5, 5.41) is 0. The Labute approximate surface area is 172 Å². The monoisotopic (exact) mass is 404 g/mol. The fourth-order valence-corrected chi connectivity index (χ4v) is 3.30. The van der Waals surface area contributed by atoms with Crippen LogP contribution in [0.2, 0.25) is 0 Å². The first-order chi connectivity index (χ1) is 13.6. The SMILES string of the molecule is CC(C)C(=O)OC[C@H]1C[C@@H]1c1cncc(OCN2CC[C@H]2C(=O)OC(C)(C)C)c1. The number of aromatic nitrogens is 1. The Morgan fingerprint density at radius 1 is 1.28 bits per heavy atom. The van der Waals surface area contributed by atoms with Gasteiger partial charge in [-0.1, -0.05) is 13.8 Å². The van der Waals surface area contributed by atoms with Crippen molar-refractivity contribution >= 4 is 11.9 Å². The van der Waals surface area contributed by atoms with E-state index in [0.29, 0.717) is 30.9 Å². The van der Waals surface area contributed by atoms with Crippen LogP contribution in [0.25, 0.3) is 0 Å². The van der Waals surface area contributed by atoms with Crippen molar-refractivity contribution in [3.05, 3.63) is 24.0 Å². The summed E-state index contributed by atoms with van der Waals surface area (Å²) in [6.45, 7) is 10.9. The molecule has 1 saturated carbocycles. The number of nitrogens with zero attached hydrogens (tertiary/aromatic N) is 2. The highest BCUT2D eigenvalue weighted by Gasteiger charge is 2.40. The van der Waals surface area contributed by atoms with E-state index in [-0.39, 0.29) is 23.9 Å². The number of esters is 2. The second-order valence-corrected chi connectivity index (χ2v) is 9.26. The molecule has 1 aromatic heterocycles. The van der Waals surface area contributed by atoms with Crippen LogP contribution in [0.15, 0.2) is 18.5 Å². The number of rotatable bonds is 8. The molecule has 3 atom stereocenters. The van der Waals surface area contributed by atoms with Crippen molar-refractivity contribution in [2.75, 3.05) is 19.9 Å². The Kier molecular flexibility index (Phi) is 6.46. The molecule has 1 aliphatic carbocycles. The van der Waals surface area contributed by atoms with Crippen LogP contribution in [0, 0.1) is 11.8 Å². The van der Waals surface area contributed by atoms with E-state index in [4.69, 9.17) is 14.2 Å². The quantitative estimate of drug-likeness (QED) is 0.616. The van der Waals surface area contributed by atoms with Gasteiger partial charge in [0, 0.05) is 18.7 Å². The van der Waals surface area contributed by atoms with Crippen molar-refractivity contribution in [1.82, 2.24) is 9.88 Å². The average Bonchev–Trinajstić information content (AvgIpc) is 3.37. The highest BCUT2D eigenvalue weighted by molar-refractivity contribution is 5.77. The smallest absolute Gasteiger partial charge is 0.324 e. The lowest BCUT2D eigenvalue weighted by Gasteiger charge is -2.39. The molecule has 7 nitrogen and oxygen atoms in total. The molecule has 7 heteroatoms. The lowest BCUT2D eigenvalue weighted by molar-refractivity contribution is -0.168. The van der Waals surface area contributed by atoms with Gasteiger partial charge in [-0.05, 0) is 51.2 Å². The third-order valence-corrected chi connectivity index (χ3v) is 5.20. The van der Waals surface area contributed by atoms with Crippen LogP contribution in [0.5, 0.6) is 5.75 Å². The largest absolute Gasteiger partial charge is 0.476 e. The van der Waals surface area contributed by atoms with E-state index < -0.39 is 5.60 Å². The zero-order valence-electron chi connectivity index (χ0n) is 18.0. The predicted molar refractivity (Wildman–Crippen MR) is 107 cm³/mol. The predicted octanol–water partition coefficient (Wildman–Crippen LogP) is 3.14. The minimum absolute atomic E-state index is 0.100. The third-order valence-electron chi connectivity index (χ3n) is 5.20. The Bertz CT molecular complexity index is 743. The van der Waals surface area contributed by atoms with Crippen LogP contribution >= 0.6 is 0 Å². The van der Waals surface area contributed by atoms with Crippen molar-refractivity contribution in [2.45, 2.75) is 65.0 Å². The maximum Gasteiger partial charge on any atom is 0.324 e. The molecule has 0 N–H and O–H groups in total. The van der Waals surface area contributed by atoms with E-state index in [1.807, 2.05) is 51.8 Å². The summed E-state index contributed by atoms with van der Waals surface area (Å²) >= 11 is 0. The molecule has 0 radical (unpaired) electrons. The minimum atomic E-state index is -0.484. The van der Waals surface area contributed by atoms with Crippen LogP contribution in [-0.2, 0) is 19.1 Å². The van der Waals surface area contributed by atoms with Gasteiger partial charge in [0.05, 0.1) is 18.7 Å². The van der Waals surface area contributed by atoms with Gasteiger partial charge in [0.1, 0.15) is 24.1 Å². The zero-order chi connectivity index (χ0) is 21.2. The van der Waals surface area contributed by atoms with Crippen molar-refractivity contribution < 1.29 is 23.8 Å². The van der Waals surface area contributed by atoms with Crippen molar-refractivity contribution in [3.63, 3.8) is 0 Å². The maximum atomic E-state index is 12.2. The lowest BCUT2D eigenvalue weighted by Crippen LogP contribution is -2.55. The number of pyridine rings is 1. The van der Waals surface area contributed by atoms with Gasteiger partial charge >= 0.3 is 11.9 Å². The van der Waals surface area contributed by atoms with Gasteiger partial charge in [0.15, 0.2) is 0 Å². The van der Waals surface area contributed by atoms with E-state index >= 15 is 0 Å². The number of carbonyl (C=O) groups excluding carboxylic acids is 2. The molecule has 1 aromatic rings. The fourth-order valence-electron chi connectivity index (χ4n) is 3.30. The Hall–Kier alpha value is -2.15. The van der Waals surface area contributed by atoms with Gasteiger partial charge in [0.25, 0.3) is 0 Å². The molecule has 2 fully saturated rings. The first-order valence-electron chi connectivity index (χ1n) is 10.4. The fraction of sp³-hybridized carbons (Fsp3) is 0.682. The topological polar surface area (TPSA) is 78.0 Å². The third kappa shape index (κ3) is 5.92. The summed E-state index contributed by atoms with van der Waals surface area (Å²) in [5.41, 5.74) is 0.613. The number of ether oxygens (including phenoxy) is 3. The molecule has 1 aliphatic heterocycles. The van der Waals surface area contributed by atoms with E-state index in [9.17, 15) is 9.59 Å². The molecule has 2 heterocycles. The van der Waals surface area contributed by atoms with Crippen molar-refractivity contribution in [2.24, 2.45) is 11.8 Å². The van der Waals surface area contributed by atoms with E-state index in [1.54, 1.807) is 6.20 Å². The van der Waals surface area contributed by atoms with Crippen molar-refractivity contribution in [3.8, 4) is 5.75 Å².